The van der Waals surface area contributed by atoms with Crippen molar-refractivity contribution in [2.45, 2.75) is 51.5 Å². The molecule has 1 heterocycles. The van der Waals surface area contributed by atoms with Crippen molar-refractivity contribution < 1.29 is 30.1 Å². The summed E-state index contributed by atoms with van der Waals surface area (Å²) in [6.45, 7) is 2.11. The Balaban J connectivity index is 0.00000420. The molecule has 0 bridgehead atoms. The quantitative estimate of drug-likeness (QED) is 0.488. The van der Waals surface area contributed by atoms with Crippen LogP contribution >= 0.6 is 0 Å². The highest BCUT2D eigenvalue weighted by atomic mass is 16.4. The van der Waals surface area contributed by atoms with E-state index in [1.165, 1.54) is 18.5 Å². The zero-order valence-electron chi connectivity index (χ0n) is 16.3. The lowest BCUT2D eigenvalue weighted by Crippen LogP contribution is -2.16. The van der Waals surface area contributed by atoms with Gasteiger partial charge in [0.15, 0.2) is 5.82 Å². The van der Waals surface area contributed by atoms with Gasteiger partial charge in [0.2, 0.25) is 0 Å². The van der Waals surface area contributed by atoms with Crippen LogP contribution in [-0.4, -0.2) is 43.1 Å². The Morgan fingerprint density at radius 1 is 1.10 bits per heavy atom. The van der Waals surface area contributed by atoms with Gasteiger partial charge in [0.25, 0.3) is 5.91 Å². The normalized spacial score (nSPS) is 11.3. The number of nitrogens with zero attached hydrogens (tertiary/aromatic N) is 2. The Kier molecular flexibility index (Phi) is 9.54. The predicted octanol–water partition coefficient (Wildman–Crippen LogP) is 3.00. The van der Waals surface area contributed by atoms with E-state index in [9.17, 15) is 24.6 Å². The molecule has 9 heteroatoms. The van der Waals surface area contributed by atoms with E-state index in [1.807, 2.05) is 0 Å². The standard InChI is InChI=1S/C20H25N3O5.H2O/c1-2-3-4-5-8-14(11-18(24)25)23-12-17(21-13-23)22-19(26)15-9-6-7-10-16(15)20(27)28;/h6-7,9-10,12-14H,2-5,8,11H2,1H3,(H,22,26)(H,24,25)(H,27,28);1H2. The minimum atomic E-state index is -1.19. The summed E-state index contributed by atoms with van der Waals surface area (Å²) in [5.41, 5.74) is -0.0645. The van der Waals surface area contributed by atoms with E-state index in [2.05, 4.69) is 17.2 Å². The molecule has 2 aromatic rings. The summed E-state index contributed by atoms with van der Waals surface area (Å²) in [5, 5.41) is 21.0. The van der Waals surface area contributed by atoms with Gasteiger partial charge in [-0.2, -0.15) is 0 Å². The van der Waals surface area contributed by atoms with Gasteiger partial charge in [-0.25, -0.2) is 9.78 Å². The number of imidazole rings is 1. The highest BCUT2D eigenvalue weighted by Crippen LogP contribution is 2.22. The fraction of sp³-hybridized carbons (Fsp3) is 0.400. The first kappa shape index (κ1) is 23.8. The van der Waals surface area contributed by atoms with Crippen LogP contribution in [0.4, 0.5) is 5.82 Å². The Morgan fingerprint density at radius 2 is 1.79 bits per heavy atom. The SMILES string of the molecule is CCCCCCC(CC(=O)O)n1cnc(NC(=O)c2ccccc2C(=O)O)c1.O. The van der Waals surface area contributed by atoms with Crippen LogP contribution in [0.2, 0.25) is 0 Å². The van der Waals surface area contributed by atoms with Gasteiger partial charge in [-0.1, -0.05) is 44.7 Å². The summed E-state index contributed by atoms with van der Waals surface area (Å²) in [6, 6.07) is 5.66. The molecule has 158 valence electrons. The fourth-order valence-electron chi connectivity index (χ4n) is 3.02. The van der Waals surface area contributed by atoms with Crippen LogP contribution in [0.3, 0.4) is 0 Å². The molecule has 0 aliphatic rings. The monoisotopic (exact) mass is 405 g/mol. The van der Waals surface area contributed by atoms with E-state index in [1.54, 1.807) is 22.9 Å². The molecule has 0 radical (unpaired) electrons. The summed E-state index contributed by atoms with van der Waals surface area (Å²) in [5.74, 6) is -2.42. The molecule has 0 fully saturated rings. The second-order valence-corrected chi connectivity index (χ2v) is 6.61. The Morgan fingerprint density at radius 3 is 2.41 bits per heavy atom. The molecule has 0 spiro atoms. The number of anilines is 1. The van der Waals surface area contributed by atoms with E-state index in [4.69, 9.17) is 0 Å². The number of nitrogens with one attached hydrogen (secondary N) is 1. The van der Waals surface area contributed by atoms with Crippen LogP contribution in [-0.2, 0) is 4.79 Å². The number of aliphatic carboxylic acids is 1. The van der Waals surface area contributed by atoms with Crippen LogP contribution < -0.4 is 5.32 Å². The largest absolute Gasteiger partial charge is 0.481 e. The number of hydrogen-bond acceptors (Lipinski definition) is 4. The molecular formula is C20H27N3O6. The molecule has 5 N–H and O–H groups in total. The van der Waals surface area contributed by atoms with Crippen molar-refractivity contribution in [1.82, 2.24) is 9.55 Å². The number of rotatable bonds is 11. The molecule has 1 amide bonds. The van der Waals surface area contributed by atoms with Gasteiger partial charge >= 0.3 is 11.9 Å². The van der Waals surface area contributed by atoms with Crippen molar-refractivity contribution in [2.24, 2.45) is 0 Å². The summed E-state index contributed by atoms with van der Waals surface area (Å²) >= 11 is 0. The van der Waals surface area contributed by atoms with Crippen molar-refractivity contribution in [3.63, 3.8) is 0 Å². The molecule has 0 aliphatic heterocycles. The number of unbranched alkanes of at least 4 members (excludes halogenated alkanes) is 3. The summed E-state index contributed by atoms with van der Waals surface area (Å²) < 4.78 is 1.69. The van der Waals surface area contributed by atoms with Gasteiger partial charge in [-0.3, -0.25) is 9.59 Å². The molecule has 1 aromatic carbocycles. The Bertz CT molecular complexity index is 833. The van der Waals surface area contributed by atoms with Gasteiger partial charge in [-0.05, 0) is 18.6 Å². The number of aromatic nitrogens is 2. The lowest BCUT2D eigenvalue weighted by atomic mass is 10.0. The van der Waals surface area contributed by atoms with Gasteiger partial charge in [0.05, 0.1) is 23.9 Å². The first-order chi connectivity index (χ1) is 13.4. The van der Waals surface area contributed by atoms with Crippen molar-refractivity contribution in [2.75, 3.05) is 5.32 Å². The predicted molar refractivity (Wildman–Crippen MR) is 107 cm³/mol. The smallest absolute Gasteiger partial charge is 0.336 e. The van der Waals surface area contributed by atoms with Crippen LogP contribution in [0, 0.1) is 0 Å². The third kappa shape index (κ3) is 7.04. The second-order valence-electron chi connectivity index (χ2n) is 6.61. The van der Waals surface area contributed by atoms with Crippen LogP contribution in [0.25, 0.3) is 0 Å². The van der Waals surface area contributed by atoms with E-state index < -0.39 is 17.8 Å². The first-order valence-electron chi connectivity index (χ1n) is 9.31. The number of aromatic carboxylic acids is 1. The topological polar surface area (TPSA) is 153 Å². The number of benzene rings is 1. The molecular weight excluding hydrogens is 378 g/mol. The summed E-state index contributed by atoms with van der Waals surface area (Å²) in [4.78, 5) is 39.0. The molecule has 0 saturated carbocycles. The van der Waals surface area contributed by atoms with E-state index in [0.717, 1.165) is 25.7 Å². The maximum atomic E-state index is 12.4. The third-order valence-corrected chi connectivity index (χ3v) is 4.47. The van der Waals surface area contributed by atoms with Crippen molar-refractivity contribution in [3.05, 3.63) is 47.9 Å². The maximum Gasteiger partial charge on any atom is 0.336 e. The van der Waals surface area contributed by atoms with E-state index in [0.29, 0.717) is 6.42 Å². The average Bonchev–Trinajstić information content (AvgIpc) is 3.12. The summed E-state index contributed by atoms with van der Waals surface area (Å²) in [7, 11) is 0. The molecule has 29 heavy (non-hydrogen) atoms. The van der Waals surface area contributed by atoms with Crippen LogP contribution in [0.1, 0.15) is 72.2 Å². The molecule has 0 aliphatic carbocycles. The summed E-state index contributed by atoms with van der Waals surface area (Å²) in [6.07, 6.45) is 7.90. The highest BCUT2D eigenvalue weighted by Gasteiger charge is 2.19. The van der Waals surface area contributed by atoms with Gasteiger partial charge in [0.1, 0.15) is 0 Å². The van der Waals surface area contributed by atoms with Crippen LogP contribution in [0.15, 0.2) is 36.8 Å². The molecule has 1 unspecified atom stereocenters. The van der Waals surface area contributed by atoms with Gasteiger partial charge in [-0.15, -0.1) is 0 Å². The lowest BCUT2D eigenvalue weighted by Gasteiger charge is -2.16. The number of hydrogen-bond donors (Lipinski definition) is 3. The van der Waals surface area contributed by atoms with Crippen molar-refractivity contribution in [1.29, 1.82) is 0 Å². The van der Waals surface area contributed by atoms with E-state index in [-0.39, 0.29) is 34.9 Å². The van der Waals surface area contributed by atoms with Crippen molar-refractivity contribution >= 4 is 23.7 Å². The number of carboxylic acids is 2. The number of carbonyl (C=O) groups is 3. The van der Waals surface area contributed by atoms with Crippen molar-refractivity contribution in [3.8, 4) is 0 Å². The molecule has 9 nitrogen and oxygen atoms in total. The highest BCUT2D eigenvalue weighted by molar-refractivity contribution is 6.10. The van der Waals surface area contributed by atoms with Crippen LogP contribution in [0.5, 0.6) is 0 Å². The number of carboxylic acid groups (broad SMARTS) is 2. The third-order valence-electron chi connectivity index (χ3n) is 4.47. The molecule has 1 aromatic heterocycles. The first-order valence-corrected chi connectivity index (χ1v) is 9.31. The molecule has 0 saturated heterocycles. The number of amides is 1. The fourth-order valence-corrected chi connectivity index (χ4v) is 3.02. The minimum absolute atomic E-state index is 0. The Labute approximate surface area is 168 Å². The Hall–Kier alpha value is -3.20. The average molecular weight is 405 g/mol. The van der Waals surface area contributed by atoms with E-state index >= 15 is 0 Å². The maximum absolute atomic E-state index is 12.4. The minimum Gasteiger partial charge on any atom is -0.481 e. The molecule has 1 atom stereocenters. The van der Waals surface area contributed by atoms with Gasteiger partial charge < -0.3 is 25.6 Å². The zero-order chi connectivity index (χ0) is 20.5. The molecule has 2 rings (SSSR count). The second kappa shape index (κ2) is 11.6. The lowest BCUT2D eigenvalue weighted by molar-refractivity contribution is -0.138. The zero-order valence-corrected chi connectivity index (χ0v) is 16.3. The van der Waals surface area contributed by atoms with Gasteiger partial charge in [0, 0.05) is 12.2 Å². The number of carbonyl (C=O) groups excluding carboxylic acids is 1.